The van der Waals surface area contributed by atoms with E-state index in [1.54, 1.807) is 74.5 Å². The van der Waals surface area contributed by atoms with Crippen LogP contribution in [0.5, 0.6) is 11.5 Å². The van der Waals surface area contributed by atoms with E-state index in [1.807, 2.05) is 0 Å². The molecular weight excluding hydrogens is 523 g/mol. The maximum Gasteiger partial charge on any atom is 0.333 e. The van der Waals surface area contributed by atoms with Crippen LogP contribution in [-0.2, 0) is 19.1 Å². The Morgan fingerprint density at radius 1 is 0.683 bits per heavy atom. The number of benzene rings is 3. The second-order valence-corrected chi connectivity index (χ2v) is 8.74. The molecule has 0 aliphatic heterocycles. The average molecular weight is 553 g/mol. The zero-order chi connectivity index (χ0) is 29.6. The van der Waals surface area contributed by atoms with Gasteiger partial charge in [0, 0.05) is 22.3 Å². The van der Waals surface area contributed by atoms with E-state index < -0.39 is 17.8 Å². The molecular formula is C34H29FO6. The van der Waals surface area contributed by atoms with Crippen molar-refractivity contribution in [2.45, 2.75) is 13.8 Å². The van der Waals surface area contributed by atoms with Crippen LogP contribution in [0.15, 0.2) is 91.0 Å². The fourth-order valence-electron chi connectivity index (χ4n) is 3.13. The van der Waals surface area contributed by atoms with Crippen LogP contribution in [0.1, 0.15) is 36.1 Å². The average Bonchev–Trinajstić information content (AvgIpc) is 2.96. The number of hydrogen-bond donors (Lipinski definition) is 0. The molecule has 0 saturated heterocycles. The molecule has 0 aliphatic rings. The van der Waals surface area contributed by atoms with Crippen LogP contribution in [0.4, 0.5) is 4.39 Å². The largest absolute Gasteiger partial charge is 0.490 e. The summed E-state index contributed by atoms with van der Waals surface area (Å²) in [6.45, 7) is 10.7. The SMILES string of the molecule is C=C(C)C(=O)OCCOc1ccc(C#Cc2ccc(C#Cc3ccccc3OCCOC(=O)C(=C)C)c(F)c2)cc1. The number of carbonyl (C=O) groups is 2. The summed E-state index contributed by atoms with van der Waals surface area (Å²) in [5.74, 6) is 11.4. The molecule has 208 valence electrons. The molecule has 0 aromatic heterocycles. The summed E-state index contributed by atoms with van der Waals surface area (Å²) >= 11 is 0. The molecule has 0 spiro atoms. The highest BCUT2D eigenvalue weighted by Gasteiger charge is 2.06. The van der Waals surface area contributed by atoms with Crippen molar-refractivity contribution in [2.24, 2.45) is 0 Å². The lowest BCUT2D eigenvalue weighted by atomic mass is 10.1. The monoisotopic (exact) mass is 552 g/mol. The van der Waals surface area contributed by atoms with Crippen molar-refractivity contribution in [3.8, 4) is 35.2 Å². The third kappa shape index (κ3) is 10.1. The standard InChI is InChI=1S/C34H29FO6/c1-24(2)33(36)40-21-19-38-30-17-12-26(13-18-30)9-10-27-11-14-28(31(35)23-27)15-16-29-7-5-6-8-32(29)39-20-22-41-34(37)25(3)4/h5-8,11-14,17-18,23H,1,3,19-22H2,2,4H3. The fourth-order valence-corrected chi connectivity index (χ4v) is 3.13. The highest BCUT2D eigenvalue weighted by Crippen LogP contribution is 2.18. The first-order valence-electron chi connectivity index (χ1n) is 12.7. The van der Waals surface area contributed by atoms with Crippen LogP contribution in [0, 0.1) is 29.5 Å². The predicted octanol–water partition coefficient (Wildman–Crippen LogP) is 5.62. The van der Waals surface area contributed by atoms with Gasteiger partial charge in [-0.05, 0) is 68.4 Å². The zero-order valence-electron chi connectivity index (χ0n) is 22.9. The molecule has 0 atom stereocenters. The quantitative estimate of drug-likeness (QED) is 0.141. The van der Waals surface area contributed by atoms with Gasteiger partial charge in [0.05, 0.1) is 11.1 Å². The topological polar surface area (TPSA) is 71.1 Å². The summed E-state index contributed by atoms with van der Waals surface area (Å²) in [7, 11) is 0. The number of esters is 2. The molecule has 7 heteroatoms. The van der Waals surface area contributed by atoms with E-state index in [-0.39, 0.29) is 32.0 Å². The highest BCUT2D eigenvalue weighted by atomic mass is 19.1. The predicted molar refractivity (Wildman–Crippen MR) is 154 cm³/mol. The normalized spacial score (nSPS) is 9.73. The van der Waals surface area contributed by atoms with Crippen molar-refractivity contribution < 1.29 is 32.9 Å². The van der Waals surface area contributed by atoms with Gasteiger partial charge in [-0.1, -0.05) is 49.0 Å². The van der Waals surface area contributed by atoms with Crippen LogP contribution in [0.3, 0.4) is 0 Å². The van der Waals surface area contributed by atoms with E-state index in [0.29, 0.717) is 33.8 Å². The number of rotatable bonds is 10. The molecule has 0 unspecified atom stereocenters. The Morgan fingerprint density at radius 2 is 1.24 bits per heavy atom. The molecule has 0 radical (unpaired) electrons. The van der Waals surface area contributed by atoms with Gasteiger partial charge < -0.3 is 18.9 Å². The minimum Gasteiger partial charge on any atom is -0.490 e. The summed E-state index contributed by atoms with van der Waals surface area (Å²) in [6.07, 6.45) is 0. The van der Waals surface area contributed by atoms with E-state index >= 15 is 0 Å². The summed E-state index contributed by atoms with van der Waals surface area (Å²) in [4.78, 5) is 22.8. The summed E-state index contributed by atoms with van der Waals surface area (Å²) in [5.41, 5.74) is 2.66. The van der Waals surface area contributed by atoms with Gasteiger partial charge in [-0.25, -0.2) is 14.0 Å². The lowest BCUT2D eigenvalue weighted by Gasteiger charge is -2.08. The van der Waals surface area contributed by atoms with Gasteiger partial charge in [0.2, 0.25) is 0 Å². The Hall–Kier alpha value is -5.27. The third-order valence-corrected chi connectivity index (χ3v) is 5.25. The van der Waals surface area contributed by atoms with Crippen molar-refractivity contribution in [3.05, 3.63) is 119 Å². The maximum absolute atomic E-state index is 14.8. The van der Waals surface area contributed by atoms with Crippen LogP contribution in [0.2, 0.25) is 0 Å². The first-order valence-corrected chi connectivity index (χ1v) is 12.7. The van der Waals surface area contributed by atoms with Gasteiger partial charge in [-0.3, -0.25) is 0 Å². The molecule has 0 bridgehead atoms. The minimum absolute atomic E-state index is 0.0668. The van der Waals surface area contributed by atoms with Gasteiger partial charge in [0.25, 0.3) is 0 Å². The van der Waals surface area contributed by atoms with Crippen LogP contribution >= 0.6 is 0 Å². The maximum atomic E-state index is 14.8. The molecule has 0 N–H and O–H groups in total. The molecule has 6 nitrogen and oxygen atoms in total. The Bertz CT molecular complexity index is 1550. The molecule has 41 heavy (non-hydrogen) atoms. The number of ether oxygens (including phenoxy) is 4. The van der Waals surface area contributed by atoms with Gasteiger partial charge in [-0.15, -0.1) is 0 Å². The molecule has 0 heterocycles. The van der Waals surface area contributed by atoms with Crippen molar-refractivity contribution in [1.82, 2.24) is 0 Å². The molecule has 0 aliphatic carbocycles. The molecule has 3 aromatic carbocycles. The number of halogens is 1. The van der Waals surface area contributed by atoms with Crippen molar-refractivity contribution in [3.63, 3.8) is 0 Å². The summed E-state index contributed by atoms with van der Waals surface area (Å²) < 4.78 is 36.0. The van der Waals surface area contributed by atoms with Gasteiger partial charge in [0.15, 0.2) is 0 Å². The van der Waals surface area contributed by atoms with E-state index in [4.69, 9.17) is 18.9 Å². The van der Waals surface area contributed by atoms with E-state index in [0.717, 1.165) is 5.56 Å². The second kappa shape index (κ2) is 15.4. The fraction of sp³-hybridized carbons (Fsp3) is 0.176. The van der Waals surface area contributed by atoms with Crippen molar-refractivity contribution >= 4 is 11.9 Å². The highest BCUT2D eigenvalue weighted by molar-refractivity contribution is 5.87. The number of hydrogen-bond acceptors (Lipinski definition) is 6. The van der Waals surface area contributed by atoms with Crippen LogP contribution in [-0.4, -0.2) is 38.4 Å². The lowest BCUT2D eigenvalue weighted by molar-refractivity contribution is -0.140. The van der Waals surface area contributed by atoms with E-state index in [9.17, 15) is 14.0 Å². The first kappa shape index (κ1) is 30.3. The summed E-state index contributed by atoms with van der Waals surface area (Å²) in [6, 6.07) is 18.7. The molecule has 0 fully saturated rings. The molecule has 0 saturated carbocycles. The van der Waals surface area contributed by atoms with E-state index in [1.165, 1.54) is 6.07 Å². The smallest absolute Gasteiger partial charge is 0.333 e. The van der Waals surface area contributed by atoms with E-state index in [2.05, 4.69) is 36.8 Å². The molecule has 3 rings (SSSR count). The van der Waals surface area contributed by atoms with Crippen molar-refractivity contribution in [1.29, 1.82) is 0 Å². The van der Waals surface area contributed by atoms with Gasteiger partial charge in [-0.2, -0.15) is 0 Å². The Morgan fingerprint density at radius 3 is 1.88 bits per heavy atom. The van der Waals surface area contributed by atoms with Gasteiger partial charge in [0.1, 0.15) is 43.7 Å². The number of para-hydroxylation sites is 1. The second-order valence-electron chi connectivity index (χ2n) is 8.74. The Kier molecular flexibility index (Phi) is 11.3. The zero-order valence-corrected chi connectivity index (χ0v) is 22.9. The van der Waals surface area contributed by atoms with Crippen LogP contribution in [0.25, 0.3) is 0 Å². The number of carbonyl (C=O) groups excluding carboxylic acids is 2. The van der Waals surface area contributed by atoms with Gasteiger partial charge >= 0.3 is 11.9 Å². The first-order chi connectivity index (χ1) is 19.7. The Balaban J connectivity index is 1.57. The molecule has 0 amide bonds. The molecule has 3 aromatic rings. The third-order valence-electron chi connectivity index (χ3n) is 5.25. The lowest BCUT2D eigenvalue weighted by Crippen LogP contribution is -2.12. The van der Waals surface area contributed by atoms with Crippen molar-refractivity contribution in [2.75, 3.05) is 26.4 Å². The minimum atomic E-state index is -0.495. The Labute approximate surface area is 239 Å². The van der Waals surface area contributed by atoms with Crippen LogP contribution < -0.4 is 9.47 Å². The summed E-state index contributed by atoms with van der Waals surface area (Å²) in [5, 5.41) is 0.